The fourth-order valence-corrected chi connectivity index (χ4v) is 4.27. The molecule has 5 nitrogen and oxygen atoms in total. The van der Waals surface area contributed by atoms with E-state index in [0.717, 1.165) is 24.8 Å². The Morgan fingerprint density at radius 1 is 1.43 bits per heavy atom. The third-order valence-corrected chi connectivity index (χ3v) is 4.97. The van der Waals surface area contributed by atoms with Gasteiger partial charge < -0.3 is 10.5 Å². The van der Waals surface area contributed by atoms with E-state index in [1.807, 2.05) is 0 Å². The van der Waals surface area contributed by atoms with Crippen LogP contribution >= 0.6 is 11.3 Å². The van der Waals surface area contributed by atoms with E-state index in [1.54, 1.807) is 6.92 Å². The van der Waals surface area contributed by atoms with Crippen LogP contribution in [0, 0.1) is 5.92 Å². The highest BCUT2D eigenvalue weighted by atomic mass is 32.1. The van der Waals surface area contributed by atoms with Gasteiger partial charge in [0, 0.05) is 4.88 Å². The normalized spacial score (nSPS) is 17.1. The van der Waals surface area contributed by atoms with Gasteiger partial charge in [0.15, 0.2) is 0 Å². The van der Waals surface area contributed by atoms with E-state index < -0.39 is 12.0 Å². The van der Waals surface area contributed by atoms with Gasteiger partial charge in [0.05, 0.1) is 12.2 Å². The van der Waals surface area contributed by atoms with Gasteiger partial charge in [-0.2, -0.15) is 0 Å². The van der Waals surface area contributed by atoms with Crippen LogP contribution in [0.2, 0.25) is 0 Å². The number of nitrogens with one attached hydrogen (secondary N) is 1. The number of hydrogen-bond donors (Lipinski definition) is 2. The lowest BCUT2D eigenvalue weighted by Gasteiger charge is -2.21. The number of hydrogen-bond acceptors (Lipinski definition) is 4. The molecule has 0 saturated carbocycles. The number of anilines is 1. The number of amides is 2. The molecule has 0 unspecified atom stereocenters. The lowest BCUT2D eigenvalue weighted by Crippen LogP contribution is -2.20. The van der Waals surface area contributed by atoms with Gasteiger partial charge in [-0.1, -0.05) is 19.8 Å². The maximum Gasteiger partial charge on any atom is 0.412 e. The number of carbonyl (C=O) groups excluding carboxylic acids is 2. The molecule has 6 heteroatoms. The van der Waals surface area contributed by atoms with Crippen molar-refractivity contribution in [2.45, 2.75) is 46.0 Å². The fraction of sp³-hybridized carbons (Fsp3) is 0.600. The van der Waals surface area contributed by atoms with Crippen molar-refractivity contribution in [3.8, 4) is 0 Å². The summed E-state index contributed by atoms with van der Waals surface area (Å²) >= 11 is 1.46. The van der Waals surface area contributed by atoms with Gasteiger partial charge in [-0.15, -0.1) is 11.3 Å². The molecule has 0 aromatic carbocycles. The summed E-state index contributed by atoms with van der Waals surface area (Å²) in [5.41, 5.74) is 6.99. The smallest absolute Gasteiger partial charge is 0.412 e. The number of ether oxygens (including phenoxy) is 1. The van der Waals surface area contributed by atoms with Crippen LogP contribution in [0.1, 0.15) is 53.9 Å². The highest BCUT2D eigenvalue weighted by Gasteiger charge is 2.28. The van der Waals surface area contributed by atoms with Crippen molar-refractivity contribution in [3.05, 3.63) is 16.0 Å². The minimum absolute atomic E-state index is 0.293. The van der Waals surface area contributed by atoms with Gasteiger partial charge in [0.1, 0.15) is 5.00 Å². The van der Waals surface area contributed by atoms with Crippen LogP contribution in [-0.2, 0) is 17.6 Å². The summed E-state index contributed by atoms with van der Waals surface area (Å²) in [6, 6.07) is 0. The molecule has 0 fully saturated rings. The SMILES string of the molecule is CCC[C@@H]1CCc2c(sc(NC(=O)OCC)c2C(N)=O)C1. The number of rotatable bonds is 5. The Morgan fingerprint density at radius 3 is 2.81 bits per heavy atom. The summed E-state index contributed by atoms with van der Waals surface area (Å²) in [6.07, 6.45) is 4.74. The summed E-state index contributed by atoms with van der Waals surface area (Å²) in [6.45, 7) is 4.22. The first-order valence-electron chi connectivity index (χ1n) is 7.44. The lowest BCUT2D eigenvalue weighted by molar-refractivity contribution is 0.1000. The standard InChI is InChI=1S/C15H22N2O3S/c1-3-5-9-6-7-10-11(8-9)21-14(12(10)13(16)18)17-15(19)20-4-2/h9H,3-8H2,1-2H3,(H2,16,18)(H,17,19)/t9-/m1/s1. The van der Waals surface area contributed by atoms with Gasteiger partial charge in [0.2, 0.25) is 0 Å². The summed E-state index contributed by atoms with van der Waals surface area (Å²) in [5.74, 6) is 0.186. The second kappa shape index (κ2) is 6.93. The molecule has 1 aliphatic carbocycles. The molecular formula is C15H22N2O3S. The number of thiophene rings is 1. The maximum absolute atomic E-state index is 11.7. The van der Waals surface area contributed by atoms with Crippen molar-refractivity contribution in [2.75, 3.05) is 11.9 Å². The molecule has 1 aromatic heterocycles. The van der Waals surface area contributed by atoms with Crippen molar-refractivity contribution < 1.29 is 14.3 Å². The lowest BCUT2D eigenvalue weighted by atomic mass is 9.84. The van der Waals surface area contributed by atoms with E-state index in [2.05, 4.69) is 12.2 Å². The van der Waals surface area contributed by atoms with E-state index in [1.165, 1.54) is 29.1 Å². The second-order valence-electron chi connectivity index (χ2n) is 5.32. The van der Waals surface area contributed by atoms with Crippen molar-refractivity contribution in [2.24, 2.45) is 11.7 Å². The van der Waals surface area contributed by atoms with Gasteiger partial charge in [-0.25, -0.2) is 4.79 Å². The first kappa shape index (κ1) is 15.8. The predicted octanol–water partition coefficient (Wildman–Crippen LogP) is 3.32. The molecule has 0 radical (unpaired) electrons. The Morgan fingerprint density at radius 2 is 2.19 bits per heavy atom. The third kappa shape index (κ3) is 3.56. The molecular weight excluding hydrogens is 288 g/mol. The number of primary amides is 1. The Balaban J connectivity index is 2.26. The summed E-state index contributed by atoms with van der Waals surface area (Å²) in [4.78, 5) is 24.5. The van der Waals surface area contributed by atoms with Crippen LogP contribution in [0.25, 0.3) is 0 Å². The monoisotopic (exact) mass is 310 g/mol. The van der Waals surface area contributed by atoms with Gasteiger partial charge >= 0.3 is 6.09 Å². The first-order chi connectivity index (χ1) is 10.1. The zero-order valence-corrected chi connectivity index (χ0v) is 13.3. The minimum atomic E-state index is -0.538. The van der Waals surface area contributed by atoms with Gasteiger partial charge in [-0.05, 0) is 37.7 Å². The minimum Gasteiger partial charge on any atom is -0.450 e. The largest absolute Gasteiger partial charge is 0.450 e. The molecule has 0 bridgehead atoms. The topological polar surface area (TPSA) is 81.4 Å². The fourth-order valence-electron chi connectivity index (χ4n) is 2.92. The highest BCUT2D eigenvalue weighted by Crippen LogP contribution is 2.40. The van der Waals surface area contributed by atoms with Gasteiger partial charge in [-0.3, -0.25) is 10.1 Å². The maximum atomic E-state index is 11.7. The molecule has 21 heavy (non-hydrogen) atoms. The van der Waals surface area contributed by atoms with E-state index in [9.17, 15) is 9.59 Å². The molecule has 0 aliphatic heterocycles. The molecule has 2 rings (SSSR count). The number of nitrogens with two attached hydrogens (primary N) is 1. The molecule has 0 saturated heterocycles. The van der Waals surface area contributed by atoms with Crippen LogP contribution < -0.4 is 11.1 Å². The Bertz CT molecular complexity index is 539. The zero-order chi connectivity index (χ0) is 15.4. The first-order valence-corrected chi connectivity index (χ1v) is 8.26. The van der Waals surface area contributed by atoms with Crippen molar-refractivity contribution in [3.63, 3.8) is 0 Å². The summed E-state index contributed by atoms with van der Waals surface area (Å²) < 4.78 is 4.88. The predicted molar refractivity (Wildman–Crippen MR) is 83.9 cm³/mol. The second-order valence-corrected chi connectivity index (χ2v) is 6.42. The van der Waals surface area contributed by atoms with E-state index in [4.69, 9.17) is 10.5 Å². The number of carbonyl (C=O) groups is 2. The molecule has 2 amide bonds. The molecule has 0 spiro atoms. The van der Waals surface area contributed by atoms with Crippen LogP contribution in [0.3, 0.4) is 0 Å². The summed E-state index contributed by atoms with van der Waals surface area (Å²) in [7, 11) is 0. The van der Waals surface area contributed by atoms with Crippen LogP contribution in [0.4, 0.5) is 9.80 Å². The third-order valence-electron chi connectivity index (χ3n) is 3.80. The highest BCUT2D eigenvalue weighted by molar-refractivity contribution is 7.17. The van der Waals surface area contributed by atoms with Crippen molar-refractivity contribution >= 4 is 28.3 Å². The average Bonchev–Trinajstić information content (AvgIpc) is 2.76. The Labute approximate surface area is 128 Å². The molecule has 116 valence electrons. The molecule has 1 aromatic rings. The van der Waals surface area contributed by atoms with Crippen molar-refractivity contribution in [1.82, 2.24) is 0 Å². The van der Waals surface area contributed by atoms with Crippen LogP contribution in [0.5, 0.6) is 0 Å². The molecule has 1 aliphatic rings. The quantitative estimate of drug-likeness (QED) is 0.875. The van der Waals surface area contributed by atoms with Crippen LogP contribution in [-0.4, -0.2) is 18.6 Å². The number of fused-ring (bicyclic) bond motifs is 1. The van der Waals surface area contributed by atoms with E-state index in [-0.39, 0.29) is 0 Å². The van der Waals surface area contributed by atoms with Crippen molar-refractivity contribution in [1.29, 1.82) is 0 Å². The Hall–Kier alpha value is -1.56. The Kier molecular flexibility index (Phi) is 5.22. The molecule has 3 N–H and O–H groups in total. The van der Waals surface area contributed by atoms with E-state index >= 15 is 0 Å². The van der Waals surface area contributed by atoms with E-state index in [0.29, 0.717) is 23.1 Å². The van der Waals surface area contributed by atoms with Gasteiger partial charge in [0.25, 0.3) is 5.91 Å². The van der Waals surface area contributed by atoms with Crippen LogP contribution in [0.15, 0.2) is 0 Å². The molecule has 1 atom stereocenters. The molecule has 1 heterocycles. The zero-order valence-electron chi connectivity index (χ0n) is 12.5. The summed E-state index contributed by atoms with van der Waals surface area (Å²) in [5, 5.41) is 3.18. The average molecular weight is 310 g/mol.